The lowest BCUT2D eigenvalue weighted by Gasteiger charge is -2.28. The minimum absolute atomic E-state index is 0.110. The zero-order chi connectivity index (χ0) is 23.1. The molecule has 9 heteroatoms. The van der Waals surface area contributed by atoms with E-state index in [-0.39, 0.29) is 6.42 Å². The molecule has 1 aromatic carbocycles. The number of carboxylic acids is 1. The maximum absolute atomic E-state index is 12.2. The van der Waals surface area contributed by atoms with Crippen molar-refractivity contribution in [1.29, 1.82) is 0 Å². The summed E-state index contributed by atoms with van der Waals surface area (Å²) in [5, 5.41) is 9.59. The predicted octanol–water partition coefficient (Wildman–Crippen LogP) is 3.08. The number of hydrazine groups is 1. The van der Waals surface area contributed by atoms with Crippen molar-refractivity contribution in [3.05, 3.63) is 35.4 Å². The molecule has 0 aromatic heterocycles. The molecule has 0 aliphatic rings. The van der Waals surface area contributed by atoms with Crippen LogP contribution in [0.15, 0.2) is 24.3 Å². The quantitative estimate of drug-likeness (QED) is 0.577. The summed E-state index contributed by atoms with van der Waals surface area (Å²) in [5.41, 5.74) is 5.45. The van der Waals surface area contributed by atoms with Crippen LogP contribution < -0.4 is 10.9 Å². The average Bonchev–Trinajstić information content (AvgIpc) is 2.56. The summed E-state index contributed by atoms with van der Waals surface area (Å²) in [7, 11) is 1.41. The predicted molar refractivity (Wildman–Crippen MR) is 112 cm³/mol. The second-order valence-corrected chi connectivity index (χ2v) is 8.95. The number of nitrogens with one attached hydrogen (secondary N) is 2. The molecule has 0 bridgehead atoms. The molecule has 0 aliphatic carbocycles. The van der Waals surface area contributed by atoms with E-state index >= 15 is 0 Å². The van der Waals surface area contributed by atoms with Gasteiger partial charge in [0.05, 0.1) is 0 Å². The van der Waals surface area contributed by atoms with E-state index in [2.05, 4.69) is 10.9 Å². The van der Waals surface area contributed by atoms with Gasteiger partial charge in [-0.2, -0.15) is 0 Å². The fourth-order valence-corrected chi connectivity index (χ4v) is 2.46. The van der Waals surface area contributed by atoms with E-state index in [1.807, 2.05) is 12.1 Å². The summed E-state index contributed by atoms with van der Waals surface area (Å²) in [6.45, 7) is 10.8. The third-order valence-corrected chi connectivity index (χ3v) is 3.74. The van der Waals surface area contributed by atoms with E-state index in [1.54, 1.807) is 53.7 Å². The molecule has 2 amide bonds. The number of hydrogen-bond donors (Lipinski definition) is 3. The highest BCUT2D eigenvalue weighted by Gasteiger charge is 2.30. The van der Waals surface area contributed by atoms with Gasteiger partial charge in [-0.05, 0) is 52.7 Å². The van der Waals surface area contributed by atoms with E-state index in [4.69, 9.17) is 9.47 Å². The highest BCUT2D eigenvalue weighted by Crippen LogP contribution is 2.15. The number of aliphatic carboxylic acids is 1. The normalized spacial score (nSPS) is 12.6. The minimum atomic E-state index is -1.13. The molecule has 1 atom stereocenters. The van der Waals surface area contributed by atoms with Crippen molar-refractivity contribution in [2.45, 2.75) is 71.8 Å². The number of carbonyl (C=O) groups excluding carboxylic acids is 2. The Morgan fingerprint density at radius 3 is 2.13 bits per heavy atom. The topological polar surface area (TPSA) is 117 Å². The average molecular weight is 424 g/mol. The van der Waals surface area contributed by atoms with Gasteiger partial charge in [0, 0.05) is 20.0 Å². The van der Waals surface area contributed by atoms with Crippen molar-refractivity contribution in [3.8, 4) is 0 Å². The van der Waals surface area contributed by atoms with Gasteiger partial charge in [0.1, 0.15) is 17.2 Å². The van der Waals surface area contributed by atoms with Crippen LogP contribution in [-0.2, 0) is 27.2 Å². The highest BCUT2D eigenvalue weighted by molar-refractivity contribution is 5.80. The van der Waals surface area contributed by atoms with Gasteiger partial charge < -0.3 is 14.6 Å². The van der Waals surface area contributed by atoms with Crippen molar-refractivity contribution in [2.24, 2.45) is 0 Å². The van der Waals surface area contributed by atoms with Crippen molar-refractivity contribution in [1.82, 2.24) is 15.8 Å². The number of rotatable bonds is 7. The first-order valence-electron chi connectivity index (χ1n) is 9.66. The lowest BCUT2D eigenvalue weighted by molar-refractivity contribution is -0.142. The fourth-order valence-electron chi connectivity index (χ4n) is 2.46. The van der Waals surface area contributed by atoms with E-state index in [0.717, 1.165) is 16.0 Å². The molecule has 168 valence electrons. The summed E-state index contributed by atoms with van der Waals surface area (Å²) >= 11 is 0. The maximum atomic E-state index is 12.2. The van der Waals surface area contributed by atoms with Crippen molar-refractivity contribution >= 4 is 18.2 Å². The van der Waals surface area contributed by atoms with E-state index in [9.17, 15) is 19.5 Å². The summed E-state index contributed by atoms with van der Waals surface area (Å²) in [6, 6.07) is 6.13. The monoisotopic (exact) mass is 423 g/mol. The first-order valence-corrected chi connectivity index (χ1v) is 9.66. The molecule has 1 rings (SSSR count). The maximum Gasteiger partial charge on any atom is 0.422 e. The van der Waals surface area contributed by atoms with Crippen molar-refractivity contribution < 1.29 is 29.0 Å². The number of nitrogens with zero attached hydrogens (tertiary/aromatic N) is 1. The van der Waals surface area contributed by atoms with Crippen molar-refractivity contribution in [2.75, 3.05) is 7.05 Å². The first-order chi connectivity index (χ1) is 13.7. The summed E-state index contributed by atoms with van der Waals surface area (Å²) < 4.78 is 10.4. The van der Waals surface area contributed by atoms with Crippen LogP contribution in [0.25, 0.3) is 0 Å². The van der Waals surface area contributed by atoms with E-state index < -0.39 is 35.4 Å². The number of benzene rings is 1. The Labute approximate surface area is 177 Å². The Morgan fingerprint density at radius 2 is 1.60 bits per heavy atom. The lowest BCUT2D eigenvalue weighted by atomic mass is 10.0. The zero-order valence-electron chi connectivity index (χ0n) is 18.7. The van der Waals surface area contributed by atoms with Gasteiger partial charge in [0.25, 0.3) is 0 Å². The molecule has 0 spiro atoms. The van der Waals surface area contributed by atoms with Crippen LogP contribution in [-0.4, -0.2) is 52.5 Å². The smallest absolute Gasteiger partial charge is 0.422 e. The van der Waals surface area contributed by atoms with Gasteiger partial charge in [0.15, 0.2) is 0 Å². The molecular weight excluding hydrogens is 390 g/mol. The van der Waals surface area contributed by atoms with Gasteiger partial charge in [-0.1, -0.05) is 24.3 Å². The number of carbonyl (C=O) groups is 3. The molecule has 9 nitrogen and oxygen atoms in total. The van der Waals surface area contributed by atoms with Gasteiger partial charge in [-0.15, -0.1) is 0 Å². The standard InChI is InChI=1S/C21H33N3O6/c1-20(2,3)29-18(27)23-22-13-15-10-8-9-14(11-15)12-16(17(25)26)24(7)19(28)30-21(4,5)6/h8-11,16,22H,12-13H2,1-7H3,(H,23,27)(H,25,26)/t16-/m1/s1. The molecule has 0 unspecified atom stereocenters. The van der Waals surface area contributed by atoms with Gasteiger partial charge in [-0.25, -0.2) is 19.8 Å². The van der Waals surface area contributed by atoms with Gasteiger partial charge >= 0.3 is 18.2 Å². The Kier molecular flexibility index (Phi) is 8.65. The third-order valence-electron chi connectivity index (χ3n) is 3.74. The number of likely N-dealkylation sites (N-methyl/N-ethyl adjacent to an activating group) is 1. The molecule has 0 heterocycles. The first kappa shape index (κ1) is 25.2. The molecule has 1 aromatic rings. The third kappa shape index (κ3) is 9.60. The Balaban J connectivity index is 2.74. The molecule has 30 heavy (non-hydrogen) atoms. The Bertz CT molecular complexity index is 752. The largest absolute Gasteiger partial charge is 0.480 e. The van der Waals surface area contributed by atoms with Crippen LogP contribution in [0.2, 0.25) is 0 Å². The molecule has 0 saturated heterocycles. The molecule has 0 fully saturated rings. The minimum Gasteiger partial charge on any atom is -0.480 e. The van der Waals surface area contributed by atoms with Gasteiger partial charge in [-0.3, -0.25) is 10.3 Å². The molecular formula is C21H33N3O6. The summed E-state index contributed by atoms with van der Waals surface area (Å²) in [5.74, 6) is -1.13. The number of amides is 2. The van der Waals surface area contributed by atoms with Crippen LogP contribution >= 0.6 is 0 Å². The molecule has 0 saturated carbocycles. The molecule has 3 N–H and O–H groups in total. The molecule has 0 radical (unpaired) electrons. The second-order valence-electron chi connectivity index (χ2n) is 8.95. The summed E-state index contributed by atoms with van der Waals surface area (Å²) in [4.78, 5) is 36.7. The van der Waals surface area contributed by atoms with Crippen LogP contribution in [0.4, 0.5) is 9.59 Å². The summed E-state index contributed by atoms with van der Waals surface area (Å²) in [6.07, 6.45) is -1.18. The van der Waals surface area contributed by atoms with Crippen LogP contribution in [0, 0.1) is 0 Å². The highest BCUT2D eigenvalue weighted by atomic mass is 16.6. The second kappa shape index (κ2) is 10.3. The molecule has 0 aliphatic heterocycles. The van der Waals surface area contributed by atoms with Crippen LogP contribution in [0.3, 0.4) is 0 Å². The van der Waals surface area contributed by atoms with Crippen LogP contribution in [0.1, 0.15) is 52.7 Å². The van der Waals surface area contributed by atoms with E-state index in [0.29, 0.717) is 6.54 Å². The van der Waals surface area contributed by atoms with Crippen molar-refractivity contribution in [3.63, 3.8) is 0 Å². The van der Waals surface area contributed by atoms with Crippen LogP contribution in [0.5, 0.6) is 0 Å². The zero-order valence-corrected chi connectivity index (χ0v) is 18.7. The van der Waals surface area contributed by atoms with Gasteiger partial charge in [0.2, 0.25) is 0 Å². The Morgan fingerprint density at radius 1 is 1.03 bits per heavy atom. The SMILES string of the molecule is CN(C(=O)OC(C)(C)C)[C@H](Cc1cccc(CNNC(=O)OC(C)(C)C)c1)C(=O)O. The number of hydrogen-bond acceptors (Lipinski definition) is 6. The van der Waals surface area contributed by atoms with E-state index in [1.165, 1.54) is 7.05 Å². The number of ether oxygens (including phenoxy) is 2. The Hall–Kier alpha value is -2.81. The fraction of sp³-hybridized carbons (Fsp3) is 0.571. The number of carboxylic acid groups (broad SMARTS) is 1. The lowest BCUT2D eigenvalue weighted by Crippen LogP contribution is -2.46.